The minimum absolute atomic E-state index is 0.0319. The molecule has 0 N–H and O–H groups in total. The fourth-order valence-corrected chi connectivity index (χ4v) is 17.7. The van der Waals surface area contributed by atoms with Crippen molar-refractivity contribution in [3.63, 3.8) is 0 Å². The summed E-state index contributed by atoms with van der Waals surface area (Å²) < 4.78 is 46.6. The Kier molecular flexibility index (Phi) is 34.4. The van der Waals surface area contributed by atoms with Gasteiger partial charge in [0.2, 0.25) is 0 Å². The zero-order valence-corrected chi connectivity index (χ0v) is 81.9. The number of morpholine rings is 1. The first-order valence-electron chi connectivity index (χ1n) is 47.4. The van der Waals surface area contributed by atoms with Gasteiger partial charge in [-0.25, -0.2) is 15.0 Å². The summed E-state index contributed by atoms with van der Waals surface area (Å²) >= 11 is 17.8. The molecule has 3 amide bonds. The van der Waals surface area contributed by atoms with Crippen molar-refractivity contribution in [3.8, 4) is 51.6 Å². The number of carbonyl (C=O) groups excluding carboxylic acids is 3. The summed E-state index contributed by atoms with van der Waals surface area (Å²) in [5.41, 5.74) is 6.90. The van der Waals surface area contributed by atoms with Crippen molar-refractivity contribution in [1.82, 2.24) is 72.8 Å². The van der Waals surface area contributed by atoms with E-state index in [1.54, 1.807) is 86.5 Å². The number of piperazine rings is 4. The summed E-state index contributed by atoms with van der Waals surface area (Å²) in [5.74, 6) is 5.45. The molecule has 32 heteroatoms. The van der Waals surface area contributed by atoms with Crippen molar-refractivity contribution in [2.45, 2.75) is 106 Å². The molecule has 137 heavy (non-hydrogen) atoms. The van der Waals surface area contributed by atoms with Gasteiger partial charge in [-0.2, -0.15) is 0 Å². The molecule has 8 heterocycles. The number of amides is 3. The van der Waals surface area contributed by atoms with Gasteiger partial charge < -0.3 is 57.7 Å². The highest BCUT2D eigenvalue weighted by Gasteiger charge is 2.31. The maximum Gasteiger partial charge on any atom is 0.266 e. The van der Waals surface area contributed by atoms with E-state index in [1.165, 1.54) is 0 Å². The Bertz CT molecular complexity index is 6310. The minimum Gasteiger partial charge on any atom is -0.489 e. The number of carbonyl (C=O) groups is 3. The van der Waals surface area contributed by atoms with Crippen LogP contribution in [0.1, 0.15) is 84.0 Å². The molecule has 5 fully saturated rings. The van der Waals surface area contributed by atoms with Crippen LogP contribution in [0.25, 0.3) is 49.8 Å². The summed E-state index contributed by atoms with van der Waals surface area (Å²) in [5, 5.41) is 3.52. The molecule has 0 aliphatic carbocycles. The van der Waals surface area contributed by atoms with Gasteiger partial charge in [-0.15, -0.1) is 0 Å². The molecule has 0 unspecified atom stereocenters. The number of rotatable bonds is 31. The second-order valence-corrected chi connectivity index (χ2v) is 37.0. The third-order valence-electron chi connectivity index (χ3n) is 24.8. The normalized spacial score (nSPS) is 15.5. The lowest BCUT2D eigenvalue weighted by atomic mass is 10.1. The van der Waals surface area contributed by atoms with Crippen molar-refractivity contribution < 1.29 is 47.5 Å². The Morgan fingerprint density at radius 2 is 0.693 bits per heavy atom. The predicted octanol–water partition coefficient (Wildman–Crippen LogP) is 14.1. The molecular weight excluding hydrogens is 1800 g/mol. The molecule has 0 radical (unpaired) electrons. The number of hydrogen-bond donors (Lipinski definition) is 0. The molecule has 0 saturated carbocycles. The second-order valence-electron chi connectivity index (χ2n) is 35.7. The monoisotopic (exact) mass is 1920 g/mol. The van der Waals surface area contributed by atoms with E-state index in [-0.39, 0.29) is 72.5 Å². The molecular formula is C105H123Cl3N16O13. The Morgan fingerprint density at radius 3 is 1.04 bits per heavy atom. The maximum atomic E-state index is 14.3. The summed E-state index contributed by atoms with van der Waals surface area (Å²) in [6.07, 6.45) is -0.222. The Hall–Kier alpha value is -12.0. The quantitative estimate of drug-likeness (QED) is 0.0391. The van der Waals surface area contributed by atoms with Gasteiger partial charge in [0, 0.05) is 152 Å². The highest BCUT2D eigenvalue weighted by Crippen LogP contribution is 2.35. The molecule has 0 spiro atoms. The lowest BCUT2D eigenvalue weighted by Crippen LogP contribution is -2.50. The lowest BCUT2D eigenvalue weighted by molar-refractivity contribution is -0.135. The van der Waals surface area contributed by atoms with Gasteiger partial charge in [0.15, 0.2) is 19.8 Å². The van der Waals surface area contributed by atoms with E-state index in [0.29, 0.717) is 228 Å². The van der Waals surface area contributed by atoms with Crippen LogP contribution >= 0.6 is 34.8 Å². The highest BCUT2D eigenvalue weighted by atomic mass is 35.5. The number of nitrogens with zero attached hydrogens (tertiary/aromatic N) is 16. The van der Waals surface area contributed by atoms with Crippen molar-refractivity contribution in [3.05, 3.63) is 275 Å². The summed E-state index contributed by atoms with van der Waals surface area (Å²) in [6, 6.07) is 61.7. The van der Waals surface area contributed by atoms with Gasteiger partial charge in [-0.1, -0.05) is 97.2 Å². The van der Waals surface area contributed by atoms with Gasteiger partial charge in [0.05, 0.1) is 101 Å². The summed E-state index contributed by atoms with van der Waals surface area (Å²) in [7, 11) is 2.14. The molecule has 722 valence electrons. The van der Waals surface area contributed by atoms with Gasteiger partial charge in [-0.05, 0) is 224 Å². The molecule has 5 aliphatic heterocycles. The number of aromatic nitrogens is 6. The minimum atomic E-state index is -0.133. The van der Waals surface area contributed by atoms with Crippen molar-refractivity contribution >= 4 is 90.9 Å². The van der Waals surface area contributed by atoms with E-state index in [0.717, 1.165) is 82.3 Å². The van der Waals surface area contributed by atoms with E-state index >= 15 is 0 Å². The summed E-state index contributed by atoms with van der Waals surface area (Å²) in [4.78, 5) is 118. The molecule has 9 aromatic carbocycles. The van der Waals surface area contributed by atoms with Crippen LogP contribution in [0.2, 0.25) is 15.1 Å². The fraction of sp³-hybridized carbons (Fsp3) is 0.400. The van der Waals surface area contributed by atoms with Crippen LogP contribution < -0.4 is 50.0 Å². The van der Waals surface area contributed by atoms with Crippen LogP contribution in [0, 0.1) is 0 Å². The SMILES string of the molecule is CC(C)Oc1ccc(CN2CCOCC2)cc1-n1c(CN2CCN(C(=O)COc3ccc(Cl)cc3)CC2)nc2ccccc2c1=O.CC(C)Oc1ccc(N2CCN(C)CC2)cc1-n1c(CN2CCN(C(=O)COc3ccc(Cl)cc3)CC2)nc2ccccc2c1=O.CCN(CC)Cc1ccc(OC(C)C)c(-n2c(CN3CCN(C(=O)COc4ccc(Cl)cc4)CC3)nc3ccccc3c2=O)c1. The topological polar surface area (TPSA) is 253 Å². The van der Waals surface area contributed by atoms with Crippen LogP contribution in [-0.2, 0) is 51.8 Å². The number of para-hydroxylation sites is 3. The molecule has 29 nitrogen and oxygen atoms in total. The van der Waals surface area contributed by atoms with Gasteiger partial charge in [0.1, 0.15) is 52.0 Å². The first-order chi connectivity index (χ1) is 66.3. The average Bonchev–Trinajstić information content (AvgIpc) is 0.743. The van der Waals surface area contributed by atoms with Crippen molar-refractivity contribution in [2.75, 3.05) is 176 Å². The predicted molar refractivity (Wildman–Crippen MR) is 538 cm³/mol. The van der Waals surface area contributed by atoms with E-state index in [2.05, 4.69) is 91.6 Å². The molecule has 3 aromatic heterocycles. The number of likely N-dealkylation sites (N-methyl/N-ethyl adjacent to an activating group) is 1. The van der Waals surface area contributed by atoms with E-state index in [4.69, 9.17) is 82.9 Å². The van der Waals surface area contributed by atoms with E-state index in [1.807, 2.05) is 147 Å². The molecule has 5 saturated heterocycles. The van der Waals surface area contributed by atoms with Gasteiger partial charge in [-0.3, -0.25) is 67.0 Å². The number of hydrogen-bond acceptors (Lipinski definition) is 23. The van der Waals surface area contributed by atoms with Crippen LogP contribution in [0.4, 0.5) is 5.69 Å². The van der Waals surface area contributed by atoms with Gasteiger partial charge in [0.25, 0.3) is 34.4 Å². The van der Waals surface area contributed by atoms with Crippen LogP contribution in [0.3, 0.4) is 0 Å². The fourth-order valence-electron chi connectivity index (χ4n) is 17.4. The van der Waals surface area contributed by atoms with E-state index in [9.17, 15) is 28.8 Å². The maximum absolute atomic E-state index is 14.3. The Labute approximate surface area is 815 Å². The second kappa shape index (κ2) is 47.4. The third kappa shape index (κ3) is 26.3. The van der Waals surface area contributed by atoms with Crippen molar-refractivity contribution in [1.29, 1.82) is 0 Å². The zero-order valence-electron chi connectivity index (χ0n) is 79.6. The van der Waals surface area contributed by atoms with E-state index < -0.39 is 0 Å². The summed E-state index contributed by atoms with van der Waals surface area (Å²) in [6.45, 7) is 35.0. The smallest absolute Gasteiger partial charge is 0.266 e. The van der Waals surface area contributed by atoms with Gasteiger partial charge >= 0.3 is 0 Å². The molecule has 0 atom stereocenters. The Morgan fingerprint density at radius 1 is 0.372 bits per heavy atom. The number of benzene rings is 9. The molecule has 12 aromatic rings. The number of fused-ring (bicyclic) bond motifs is 3. The number of halogens is 3. The average molecular weight is 1920 g/mol. The van der Waals surface area contributed by atoms with Crippen molar-refractivity contribution in [2.24, 2.45) is 0 Å². The van der Waals surface area contributed by atoms with Crippen LogP contribution in [0.15, 0.2) is 215 Å². The number of ether oxygens (including phenoxy) is 7. The van der Waals surface area contributed by atoms with Crippen LogP contribution in [0.5, 0.6) is 34.5 Å². The highest BCUT2D eigenvalue weighted by molar-refractivity contribution is 6.31. The molecule has 5 aliphatic rings. The molecule has 0 bridgehead atoms. The largest absolute Gasteiger partial charge is 0.489 e. The molecule has 17 rings (SSSR count). The first kappa shape index (κ1) is 99.5. The Balaban J connectivity index is 0.000000156. The van der Waals surface area contributed by atoms with Crippen LogP contribution in [-0.4, -0.2) is 280 Å². The lowest BCUT2D eigenvalue weighted by Gasteiger charge is -2.35. The zero-order chi connectivity index (χ0) is 96.2. The standard InChI is InChI=1S/C35H41ClN6O4.C35H40ClN5O5.C35H42ClN5O4/c1-25(2)46-32-13-10-27(40-18-14-38(3)15-19-40)22-31(32)42-33(37-30-7-5-4-6-29(30)35(42)44)23-39-16-20-41(21-17-39)34(43)24-45-28-11-8-26(36)9-12-28;1-25(2)46-32-12-7-26(22-39-17-19-44-20-18-39)21-31(32)41-33(37-30-6-4-3-5-29(30)35(41)43)23-38-13-15-40(16-14-38)34(42)24-45-28-10-8-27(36)9-11-28;1-5-38(6-2)22-26-11-16-32(45-25(3)4)31(21-26)41-33(37-30-10-8-7-9-29(30)35(41)43)23-39-17-19-40(20-18-39)34(42)24-44-28-14-12-27(36)13-15-28/h4-13,22,25H,14-21,23-24H2,1-3H3;3-12,21,25H,13-20,22-24H2,1-2H3;7-16,21,25H,5-6,17-20,22-24H2,1-4H3. The number of anilines is 1. The first-order valence-corrected chi connectivity index (χ1v) is 48.5. The third-order valence-corrected chi connectivity index (χ3v) is 25.6.